The van der Waals surface area contributed by atoms with Gasteiger partial charge in [0, 0.05) is 11.6 Å². The van der Waals surface area contributed by atoms with Crippen LogP contribution in [0.15, 0.2) is 36.0 Å². The van der Waals surface area contributed by atoms with Crippen LogP contribution < -0.4 is 0 Å². The van der Waals surface area contributed by atoms with E-state index in [9.17, 15) is 24.7 Å². The first-order valence-corrected chi connectivity index (χ1v) is 17.1. The number of aliphatic hydroxyl groups excluding tert-OH is 2. The fourth-order valence-electron chi connectivity index (χ4n) is 9.21. The Hall–Kier alpha value is -2.05. The number of Topliss-reactive ketones (excluding diaryl/α,β-unsaturated/α-hetero) is 1. The van der Waals surface area contributed by atoms with E-state index in [0.29, 0.717) is 19.0 Å². The zero-order valence-corrected chi connectivity index (χ0v) is 24.3. The molecule has 0 amide bonds. The maximum atomic E-state index is 12.7. The first-order chi connectivity index (χ1) is 18.3. The van der Waals surface area contributed by atoms with Gasteiger partial charge >= 0.3 is 0 Å². The summed E-state index contributed by atoms with van der Waals surface area (Å²) in [5.74, 6) is -0.149. The molecule has 0 radical (unpaired) electrons. The minimum atomic E-state index is -2.20. The lowest BCUT2D eigenvalue weighted by atomic mass is 9.45. The second-order valence-corrected chi connectivity index (χ2v) is 17.1. The van der Waals surface area contributed by atoms with Crippen LogP contribution in [0.3, 0.4) is 0 Å². The lowest BCUT2D eigenvalue weighted by molar-refractivity contribution is -0.181. The number of aromatic nitrogens is 2. The average molecular weight is 553 g/mol. The topological polar surface area (TPSA) is 113 Å². The maximum absolute atomic E-state index is 12.7. The van der Waals surface area contributed by atoms with E-state index in [4.69, 9.17) is 5.10 Å². The number of carbonyl (C=O) groups is 1. The number of benzene rings is 1. The second-order valence-electron chi connectivity index (χ2n) is 13.6. The molecule has 210 valence electrons. The van der Waals surface area contributed by atoms with Gasteiger partial charge in [0.15, 0.2) is 5.78 Å². The summed E-state index contributed by atoms with van der Waals surface area (Å²) in [4.78, 5) is 12.7. The van der Waals surface area contributed by atoms with E-state index in [2.05, 4.69) is 19.1 Å². The summed E-state index contributed by atoms with van der Waals surface area (Å²) in [6.07, 6.45) is 8.19. The van der Waals surface area contributed by atoms with Crippen LogP contribution in [0.5, 0.6) is 0 Å². The molecule has 4 unspecified atom stereocenters. The van der Waals surface area contributed by atoms with Gasteiger partial charge in [-0.15, -0.1) is 0 Å². The fourth-order valence-corrected chi connectivity index (χ4v) is 10.3. The third-order valence-corrected chi connectivity index (χ3v) is 12.0. The quantitative estimate of drug-likeness (QED) is 0.473. The van der Waals surface area contributed by atoms with Crippen molar-refractivity contribution in [2.75, 3.05) is 19.9 Å². The molecular formula is C31H41N2O5P. The molecular weight excluding hydrogens is 511 g/mol. The van der Waals surface area contributed by atoms with Gasteiger partial charge in [-0.2, -0.15) is 5.10 Å². The van der Waals surface area contributed by atoms with Crippen molar-refractivity contribution < 1.29 is 24.7 Å². The Morgan fingerprint density at radius 3 is 2.72 bits per heavy atom. The van der Waals surface area contributed by atoms with E-state index in [1.165, 1.54) is 5.57 Å². The molecule has 0 saturated heterocycles. The third kappa shape index (κ3) is 3.99. The number of rotatable bonds is 5. The molecule has 3 fully saturated rings. The van der Waals surface area contributed by atoms with Gasteiger partial charge in [0.05, 0.1) is 30.8 Å². The Balaban J connectivity index is 1.34. The zero-order valence-electron chi connectivity index (χ0n) is 23.4. The summed E-state index contributed by atoms with van der Waals surface area (Å²) < 4.78 is 14.4. The van der Waals surface area contributed by atoms with Gasteiger partial charge in [-0.05, 0) is 104 Å². The van der Waals surface area contributed by atoms with Crippen LogP contribution in [0.1, 0.15) is 62.8 Å². The number of nitrogens with zero attached hydrogens (tertiary/aromatic N) is 2. The highest BCUT2D eigenvalue weighted by atomic mass is 31.2. The van der Waals surface area contributed by atoms with Crippen LogP contribution in [0.25, 0.3) is 11.8 Å². The molecule has 0 bridgehead atoms. The van der Waals surface area contributed by atoms with Crippen molar-refractivity contribution in [2.45, 2.75) is 70.2 Å². The summed E-state index contributed by atoms with van der Waals surface area (Å²) >= 11 is 0. The number of carbonyl (C=O) groups excluding carboxylic acids is 1. The van der Waals surface area contributed by atoms with Gasteiger partial charge in [-0.1, -0.05) is 31.6 Å². The summed E-state index contributed by atoms with van der Waals surface area (Å²) in [6.45, 7) is 7.20. The maximum Gasteiger partial charge on any atom is 0.190 e. The molecule has 3 N–H and O–H groups in total. The van der Waals surface area contributed by atoms with Crippen LogP contribution in [-0.2, 0) is 21.9 Å². The highest BCUT2D eigenvalue weighted by molar-refractivity contribution is 7.61. The second kappa shape index (κ2) is 8.97. The molecule has 7 atom stereocenters. The van der Waals surface area contributed by atoms with Crippen LogP contribution in [0, 0.1) is 28.6 Å². The monoisotopic (exact) mass is 552 g/mol. The molecule has 6 rings (SSSR count). The third-order valence-electron chi connectivity index (χ3n) is 10.9. The van der Waals surface area contributed by atoms with Crippen LogP contribution >= 0.6 is 7.14 Å². The molecule has 1 heterocycles. The molecule has 3 saturated carbocycles. The molecule has 2 aromatic rings. The summed E-state index contributed by atoms with van der Waals surface area (Å²) in [5, 5.41) is 37.6. The molecule has 8 heteroatoms. The van der Waals surface area contributed by atoms with Crippen molar-refractivity contribution in [1.29, 1.82) is 0 Å². The standard InChI is InChI=1S/C31H41N2O5P/c1-29-14-20-16-32-33(22-7-5-6-19(12-22)18-39(3,4)38)25(20)13-21(29)8-9-23-24-10-11-31(37,27(36)17-34)30(24,2)15-26(35)28(23)29/h5-7,12-13,16,23-24,26,28,34-35,37H,8-11,14-15,17-18H2,1-4H3/t23?,24?,26?,28?,29-,30-,31-/m0/s1. The van der Waals surface area contributed by atoms with Crippen molar-refractivity contribution in [3.8, 4) is 5.69 Å². The average Bonchev–Trinajstić information content (AvgIpc) is 3.38. The SMILES string of the molecule is C[C@]12Cc3cnn(-c4cccc(CP(C)(C)=O)c4)c3C=C1CCC1C2C(O)C[C@@]2(C)C1CC[C@]2(O)C(=O)CO. The van der Waals surface area contributed by atoms with Crippen molar-refractivity contribution in [2.24, 2.45) is 28.6 Å². The van der Waals surface area contributed by atoms with Crippen LogP contribution in [-0.4, -0.2) is 62.5 Å². The number of ketones is 1. The molecule has 4 aliphatic rings. The van der Waals surface area contributed by atoms with E-state index in [1.807, 2.05) is 49.3 Å². The van der Waals surface area contributed by atoms with Crippen molar-refractivity contribution in [1.82, 2.24) is 9.78 Å². The Morgan fingerprint density at radius 1 is 1.23 bits per heavy atom. The largest absolute Gasteiger partial charge is 0.393 e. The number of hydrogen-bond acceptors (Lipinski definition) is 6. The van der Waals surface area contributed by atoms with Crippen LogP contribution in [0.4, 0.5) is 0 Å². The predicted molar refractivity (Wildman–Crippen MR) is 151 cm³/mol. The fraction of sp³-hybridized carbons (Fsp3) is 0.613. The molecule has 1 aromatic heterocycles. The Morgan fingerprint density at radius 2 is 2.00 bits per heavy atom. The normalized spacial score (nSPS) is 37.4. The minimum Gasteiger partial charge on any atom is -0.393 e. The van der Waals surface area contributed by atoms with E-state index in [0.717, 1.165) is 48.2 Å². The van der Waals surface area contributed by atoms with E-state index in [1.54, 1.807) is 0 Å². The van der Waals surface area contributed by atoms with Crippen molar-refractivity contribution in [3.63, 3.8) is 0 Å². The number of hydrogen-bond donors (Lipinski definition) is 3. The molecule has 4 aliphatic carbocycles. The van der Waals surface area contributed by atoms with Gasteiger partial charge < -0.3 is 19.9 Å². The van der Waals surface area contributed by atoms with Gasteiger partial charge in [0.25, 0.3) is 0 Å². The first-order valence-electron chi connectivity index (χ1n) is 14.3. The van der Waals surface area contributed by atoms with Crippen LogP contribution in [0.2, 0.25) is 0 Å². The number of aliphatic hydroxyl groups is 3. The smallest absolute Gasteiger partial charge is 0.190 e. The van der Waals surface area contributed by atoms with E-state index in [-0.39, 0.29) is 23.2 Å². The molecule has 0 aliphatic heterocycles. The summed E-state index contributed by atoms with van der Waals surface area (Å²) in [7, 11) is -2.20. The first kappa shape index (κ1) is 27.1. The van der Waals surface area contributed by atoms with Gasteiger partial charge in [-0.3, -0.25) is 4.79 Å². The van der Waals surface area contributed by atoms with Crippen molar-refractivity contribution in [3.05, 3.63) is 52.9 Å². The van der Waals surface area contributed by atoms with Gasteiger partial charge in [0.2, 0.25) is 0 Å². The minimum absolute atomic E-state index is 0.0326. The summed E-state index contributed by atoms with van der Waals surface area (Å²) in [6, 6.07) is 8.14. The molecule has 1 aromatic carbocycles. The van der Waals surface area contributed by atoms with Gasteiger partial charge in [-0.25, -0.2) is 4.68 Å². The Bertz CT molecular complexity index is 1410. The lowest BCUT2D eigenvalue weighted by Gasteiger charge is -2.60. The Labute approximate surface area is 230 Å². The molecule has 7 nitrogen and oxygen atoms in total. The highest BCUT2D eigenvalue weighted by Gasteiger charge is 2.68. The van der Waals surface area contributed by atoms with E-state index >= 15 is 0 Å². The van der Waals surface area contributed by atoms with Gasteiger partial charge in [0.1, 0.15) is 12.2 Å². The number of allylic oxidation sites excluding steroid dienone is 1. The van der Waals surface area contributed by atoms with E-state index < -0.39 is 36.7 Å². The number of fused-ring (bicyclic) bond motifs is 6. The summed E-state index contributed by atoms with van der Waals surface area (Å²) in [5.41, 5.74) is 3.03. The lowest BCUT2D eigenvalue weighted by Crippen LogP contribution is -2.62. The van der Waals surface area contributed by atoms with Crippen molar-refractivity contribution >= 4 is 19.0 Å². The predicted octanol–water partition coefficient (Wildman–Crippen LogP) is 4.44. The molecule has 0 spiro atoms. The zero-order chi connectivity index (χ0) is 28.0. The molecule has 39 heavy (non-hydrogen) atoms. The highest BCUT2D eigenvalue weighted by Crippen LogP contribution is 2.67. The Kier molecular flexibility index (Phi) is 6.24.